The van der Waals surface area contributed by atoms with E-state index in [0.29, 0.717) is 31.4 Å². The molecular formula is C16H19FN2O. The second kappa shape index (κ2) is 5.41. The second-order valence-corrected chi connectivity index (χ2v) is 6.04. The normalized spacial score (nSPS) is 19.4. The molecular weight excluding hydrogens is 255 g/mol. The van der Waals surface area contributed by atoms with Crippen LogP contribution in [0.2, 0.25) is 0 Å². The fraction of sp³-hybridized carbons (Fsp3) is 0.562. The van der Waals surface area contributed by atoms with E-state index in [9.17, 15) is 4.39 Å². The van der Waals surface area contributed by atoms with Gasteiger partial charge in [0.1, 0.15) is 0 Å². The lowest BCUT2D eigenvalue weighted by atomic mass is 10.1. The highest BCUT2D eigenvalue weighted by molar-refractivity contribution is 5.29. The minimum Gasteiger partial charge on any atom is -0.490 e. The zero-order valence-electron chi connectivity index (χ0n) is 11.5. The molecule has 2 fully saturated rings. The molecule has 0 unspecified atom stereocenters. The predicted molar refractivity (Wildman–Crippen MR) is 73.7 cm³/mol. The molecule has 0 atom stereocenters. The summed E-state index contributed by atoms with van der Waals surface area (Å²) in [5, 5.41) is 12.1. The van der Waals surface area contributed by atoms with E-state index in [1.165, 1.54) is 18.9 Å². The van der Waals surface area contributed by atoms with Gasteiger partial charge in [0.2, 0.25) is 0 Å². The molecule has 2 aliphatic carbocycles. The van der Waals surface area contributed by atoms with Gasteiger partial charge in [0.25, 0.3) is 0 Å². The number of benzene rings is 1. The van der Waals surface area contributed by atoms with Crippen molar-refractivity contribution >= 4 is 0 Å². The first-order valence-corrected chi connectivity index (χ1v) is 7.22. The summed E-state index contributed by atoms with van der Waals surface area (Å²) in [6, 6.07) is 7.93. The Labute approximate surface area is 118 Å². The summed E-state index contributed by atoms with van der Waals surface area (Å²) in [4.78, 5) is 0. The first kappa shape index (κ1) is 13.4. The molecule has 2 aliphatic rings. The molecule has 20 heavy (non-hydrogen) atoms. The average Bonchev–Trinajstić information content (AvgIpc) is 3.32. The van der Waals surface area contributed by atoms with E-state index >= 15 is 0 Å². The van der Waals surface area contributed by atoms with Gasteiger partial charge in [-0.25, -0.2) is 4.39 Å². The SMILES string of the molecule is N#CCC1(COc2ccc(CNC3CC3)cc2F)CC1. The van der Waals surface area contributed by atoms with Crippen molar-refractivity contribution in [3.8, 4) is 11.8 Å². The van der Waals surface area contributed by atoms with Crippen LogP contribution in [0.25, 0.3) is 0 Å². The van der Waals surface area contributed by atoms with Gasteiger partial charge in [-0.2, -0.15) is 5.26 Å². The Morgan fingerprint density at radius 2 is 2.20 bits per heavy atom. The Morgan fingerprint density at radius 3 is 2.80 bits per heavy atom. The summed E-state index contributed by atoms with van der Waals surface area (Å²) in [7, 11) is 0. The van der Waals surface area contributed by atoms with Crippen molar-refractivity contribution in [3.05, 3.63) is 29.6 Å². The maximum absolute atomic E-state index is 14.0. The third kappa shape index (κ3) is 3.29. The van der Waals surface area contributed by atoms with E-state index in [1.54, 1.807) is 6.07 Å². The van der Waals surface area contributed by atoms with E-state index in [4.69, 9.17) is 10.00 Å². The van der Waals surface area contributed by atoms with Crippen molar-refractivity contribution in [2.75, 3.05) is 6.61 Å². The Balaban J connectivity index is 1.55. The van der Waals surface area contributed by atoms with Gasteiger partial charge < -0.3 is 10.1 Å². The fourth-order valence-corrected chi connectivity index (χ4v) is 2.27. The van der Waals surface area contributed by atoms with Crippen molar-refractivity contribution in [3.63, 3.8) is 0 Å². The molecule has 0 bridgehead atoms. The molecule has 0 spiro atoms. The van der Waals surface area contributed by atoms with Crippen LogP contribution < -0.4 is 10.1 Å². The Kier molecular flexibility index (Phi) is 3.62. The Bertz CT molecular complexity index is 530. The number of nitriles is 1. The van der Waals surface area contributed by atoms with Gasteiger partial charge in [0.05, 0.1) is 12.7 Å². The highest BCUT2D eigenvalue weighted by Gasteiger charge is 2.43. The average molecular weight is 274 g/mol. The smallest absolute Gasteiger partial charge is 0.165 e. The third-order valence-corrected chi connectivity index (χ3v) is 4.11. The molecule has 0 aromatic heterocycles. The van der Waals surface area contributed by atoms with Crippen LogP contribution in [0.3, 0.4) is 0 Å². The van der Waals surface area contributed by atoms with Crippen LogP contribution in [-0.4, -0.2) is 12.6 Å². The molecule has 0 amide bonds. The number of rotatable bonds is 7. The van der Waals surface area contributed by atoms with Crippen LogP contribution in [0, 0.1) is 22.6 Å². The maximum atomic E-state index is 14.0. The van der Waals surface area contributed by atoms with E-state index in [2.05, 4.69) is 11.4 Å². The van der Waals surface area contributed by atoms with Crippen LogP contribution in [0.4, 0.5) is 4.39 Å². The van der Waals surface area contributed by atoms with Gasteiger partial charge in [-0.1, -0.05) is 6.07 Å². The number of ether oxygens (including phenoxy) is 1. The van der Waals surface area contributed by atoms with Gasteiger partial charge in [0.15, 0.2) is 11.6 Å². The minimum absolute atomic E-state index is 0.0204. The van der Waals surface area contributed by atoms with Crippen molar-refractivity contribution in [1.82, 2.24) is 5.32 Å². The lowest BCUT2D eigenvalue weighted by Crippen LogP contribution is -2.16. The molecule has 0 aliphatic heterocycles. The van der Waals surface area contributed by atoms with Crippen LogP contribution in [0.5, 0.6) is 5.75 Å². The first-order valence-electron chi connectivity index (χ1n) is 7.22. The van der Waals surface area contributed by atoms with E-state index in [1.807, 2.05) is 6.07 Å². The van der Waals surface area contributed by atoms with E-state index < -0.39 is 0 Å². The lowest BCUT2D eigenvalue weighted by molar-refractivity contribution is 0.227. The number of hydrogen-bond donors (Lipinski definition) is 1. The standard InChI is InChI=1S/C16H19FN2O/c17-14-9-12(10-19-13-2-3-13)1-4-15(14)20-11-16(5-6-16)7-8-18/h1,4,9,13,19H,2-3,5-7,10-11H2. The summed E-state index contributed by atoms with van der Waals surface area (Å²) in [5.74, 6) is -0.0164. The molecule has 106 valence electrons. The molecule has 3 nitrogen and oxygen atoms in total. The topological polar surface area (TPSA) is 45.0 Å². The molecule has 1 N–H and O–H groups in total. The zero-order valence-corrected chi connectivity index (χ0v) is 11.5. The lowest BCUT2D eigenvalue weighted by Gasteiger charge is -2.14. The van der Waals surface area contributed by atoms with Crippen LogP contribution in [0.15, 0.2) is 18.2 Å². The summed E-state index contributed by atoms with van der Waals surface area (Å²) >= 11 is 0. The van der Waals surface area contributed by atoms with Crippen molar-refractivity contribution in [2.45, 2.75) is 44.7 Å². The van der Waals surface area contributed by atoms with Crippen LogP contribution in [-0.2, 0) is 6.54 Å². The number of hydrogen-bond acceptors (Lipinski definition) is 3. The second-order valence-electron chi connectivity index (χ2n) is 6.04. The molecule has 1 aromatic rings. The molecule has 1 aromatic carbocycles. The zero-order chi connectivity index (χ0) is 14.0. The van der Waals surface area contributed by atoms with Crippen molar-refractivity contribution in [1.29, 1.82) is 5.26 Å². The number of nitrogens with one attached hydrogen (secondary N) is 1. The Hall–Kier alpha value is -1.60. The maximum Gasteiger partial charge on any atom is 0.165 e. The van der Waals surface area contributed by atoms with E-state index in [0.717, 1.165) is 18.4 Å². The first-order chi connectivity index (χ1) is 9.71. The highest BCUT2D eigenvalue weighted by Crippen LogP contribution is 2.48. The minimum atomic E-state index is -0.312. The molecule has 3 rings (SSSR count). The molecule has 4 heteroatoms. The van der Waals surface area contributed by atoms with Gasteiger partial charge >= 0.3 is 0 Å². The third-order valence-electron chi connectivity index (χ3n) is 4.11. The summed E-state index contributed by atoms with van der Waals surface area (Å²) < 4.78 is 19.5. The monoisotopic (exact) mass is 274 g/mol. The van der Waals surface area contributed by atoms with Gasteiger partial charge in [-0.15, -0.1) is 0 Å². The molecule has 0 heterocycles. The Morgan fingerprint density at radius 1 is 1.40 bits per heavy atom. The summed E-state index contributed by atoms with van der Waals surface area (Å²) in [6.07, 6.45) is 4.96. The molecule has 2 saturated carbocycles. The number of halogens is 1. The molecule has 0 saturated heterocycles. The van der Waals surface area contributed by atoms with Crippen molar-refractivity contribution < 1.29 is 9.13 Å². The largest absolute Gasteiger partial charge is 0.490 e. The quantitative estimate of drug-likeness (QED) is 0.830. The predicted octanol–water partition coefficient (Wildman–Crippen LogP) is 3.15. The number of nitrogens with zero attached hydrogens (tertiary/aromatic N) is 1. The van der Waals surface area contributed by atoms with Gasteiger partial charge in [0, 0.05) is 24.4 Å². The fourth-order valence-electron chi connectivity index (χ4n) is 2.27. The highest BCUT2D eigenvalue weighted by atomic mass is 19.1. The summed E-state index contributed by atoms with van der Waals surface area (Å²) in [6.45, 7) is 1.15. The van der Waals surface area contributed by atoms with Crippen molar-refractivity contribution in [2.24, 2.45) is 5.41 Å². The van der Waals surface area contributed by atoms with Crippen LogP contribution in [0.1, 0.15) is 37.7 Å². The molecule has 0 radical (unpaired) electrons. The van der Waals surface area contributed by atoms with E-state index in [-0.39, 0.29) is 11.2 Å². The summed E-state index contributed by atoms with van der Waals surface area (Å²) in [5.41, 5.74) is 0.924. The van der Waals surface area contributed by atoms with Crippen LogP contribution >= 0.6 is 0 Å². The van der Waals surface area contributed by atoms with Gasteiger partial charge in [-0.3, -0.25) is 0 Å². The van der Waals surface area contributed by atoms with Gasteiger partial charge in [-0.05, 0) is 43.4 Å².